The Balaban J connectivity index is 2.42. The molecule has 1 aromatic rings. The van der Waals surface area contributed by atoms with Gasteiger partial charge in [0.05, 0.1) is 10.6 Å². The molecule has 10 nitrogen and oxygen atoms in total. The molecule has 1 aliphatic rings. The SMILES string of the molecule is CC(C)N=C(NC#N)NS(=O)(=O)c1cc([N+](=O)[O-])ccc1NC1CCCCCC1. The third-order valence-corrected chi connectivity index (χ3v) is 5.85. The van der Waals surface area contributed by atoms with Crippen molar-refractivity contribution in [3.8, 4) is 6.19 Å². The minimum Gasteiger partial charge on any atom is -0.381 e. The Morgan fingerprint density at radius 3 is 2.48 bits per heavy atom. The Morgan fingerprint density at radius 1 is 1.28 bits per heavy atom. The van der Waals surface area contributed by atoms with E-state index in [4.69, 9.17) is 5.26 Å². The van der Waals surface area contributed by atoms with Crippen LogP contribution in [0.15, 0.2) is 28.1 Å². The molecule has 158 valence electrons. The monoisotopic (exact) mass is 422 g/mol. The molecule has 2 rings (SSSR count). The van der Waals surface area contributed by atoms with Gasteiger partial charge in [-0.15, -0.1) is 0 Å². The number of nitro groups is 1. The van der Waals surface area contributed by atoms with E-state index in [1.807, 2.05) is 0 Å². The smallest absolute Gasteiger partial charge is 0.270 e. The Kier molecular flexibility index (Phi) is 7.78. The maximum atomic E-state index is 13.0. The molecule has 0 aromatic heterocycles. The number of rotatable bonds is 6. The van der Waals surface area contributed by atoms with Crippen LogP contribution in [-0.2, 0) is 10.0 Å². The summed E-state index contributed by atoms with van der Waals surface area (Å²) in [7, 11) is -4.24. The van der Waals surface area contributed by atoms with E-state index in [0.717, 1.165) is 44.6 Å². The van der Waals surface area contributed by atoms with Crippen LogP contribution in [0.3, 0.4) is 0 Å². The third kappa shape index (κ3) is 6.60. The lowest BCUT2D eigenvalue weighted by Gasteiger charge is -2.20. The van der Waals surface area contributed by atoms with Gasteiger partial charge in [0, 0.05) is 24.2 Å². The third-order valence-electron chi connectivity index (χ3n) is 4.47. The molecule has 0 spiro atoms. The second-order valence-corrected chi connectivity index (χ2v) is 8.83. The molecule has 11 heteroatoms. The summed E-state index contributed by atoms with van der Waals surface area (Å²) in [6.45, 7) is 3.44. The second-order valence-electron chi connectivity index (χ2n) is 7.18. The summed E-state index contributed by atoms with van der Waals surface area (Å²) in [6, 6.07) is 3.51. The van der Waals surface area contributed by atoms with Crippen LogP contribution in [0.5, 0.6) is 0 Å². The molecule has 0 saturated heterocycles. The topological polar surface area (TPSA) is 150 Å². The Bertz CT molecular complexity index is 899. The van der Waals surface area contributed by atoms with Crippen molar-refractivity contribution in [2.75, 3.05) is 5.32 Å². The predicted molar refractivity (Wildman–Crippen MR) is 110 cm³/mol. The van der Waals surface area contributed by atoms with Gasteiger partial charge >= 0.3 is 0 Å². The molecule has 1 saturated carbocycles. The van der Waals surface area contributed by atoms with Gasteiger partial charge in [-0.2, -0.15) is 5.26 Å². The van der Waals surface area contributed by atoms with Crippen molar-refractivity contribution in [1.82, 2.24) is 10.0 Å². The Labute approximate surface area is 170 Å². The van der Waals surface area contributed by atoms with Crippen LogP contribution in [0.2, 0.25) is 0 Å². The van der Waals surface area contributed by atoms with Crippen LogP contribution in [0.1, 0.15) is 52.4 Å². The first kappa shape index (κ1) is 22.4. The Hall–Kier alpha value is -2.87. The van der Waals surface area contributed by atoms with E-state index in [9.17, 15) is 18.5 Å². The van der Waals surface area contributed by atoms with Gasteiger partial charge in [-0.25, -0.2) is 18.1 Å². The highest BCUT2D eigenvalue weighted by molar-refractivity contribution is 7.90. The number of anilines is 1. The van der Waals surface area contributed by atoms with Crippen molar-refractivity contribution in [2.45, 2.75) is 69.4 Å². The molecule has 0 amide bonds. The Morgan fingerprint density at radius 2 is 1.93 bits per heavy atom. The number of aliphatic imine (C=N–C) groups is 1. The number of hydrogen-bond acceptors (Lipinski definition) is 7. The molecule has 0 bridgehead atoms. The lowest BCUT2D eigenvalue weighted by Crippen LogP contribution is -2.39. The van der Waals surface area contributed by atoms with Crippen molar-refractivity contribution in [1.29, 1.82) is 5.26 Å². The molecule has 0 aliphatic heterocycles. The molecular formula is C18H26N6O4S. The van der Waals surface area contributed by atoms with E-state index in [-0.39, 0.29) is 34.3 Å². The van der Waals surface area contributed by atoms with E-state index in [1.165, 1.54) is 12.1 Å². The summed E-state index contributed by atoms with van der Waals surface area (Å²) in [5, 5.41) is 25.5. The van der Waals surface area contributed by atoms with Crippen LogP contribution >= 0.6 is 0 Å². The zero-order chi connectivity index (χ0) is 21.4. The summed E-state index contributed by atoms with van der Waals surface area (Å²) in [5.74, 6) is -0.241. The minimum atomic E-state index is -4.24. The highest BCUT2D eigenvalue weighted by atomic mass is 32.2. The highest BCUT2D eigenvalue weighted by Gasteiger charge is 2.25. The van der Waals surface area contributed by atoms with Crippen molar-refractivity contribution in [3.63, 3.8) is 0 Å². The molecule has 3 N–H and O–H groups in total. The van der Waals surface area contributed by atoms with Crippen LogP contribution in [0.25, 0.3) is 0 Å². The predicted octanol–water partition coefficient (Wildman–Crippen LogP) is 2.84. The standard InChI is InChI=1S/C18H26N6O4S/c1-13(2)21-18(20-12-19)23-29(27,28)17-11-15(24(25)26)9-10-16(17)22-14-7-5-3-4-6-8-14/h9-11,13-14,22H,3-8H2,1-2H3,(H2,20,21,23). The zero-order valence-corrected chi connectivity index (χ0v) is 17.3. The second kappa shape index (κ2) is 10.1. The van der Waals surface area contributed by atoms with Crippen LogP contribution < -0.4 is 15.4 Å². The molecule has 0 unspecified atom stereocenters. The summed E-state index contributed by atoms with van der Waals surface area (Å²) >= 11 is 0. The fourth-order valence-corrected chi connectivity index (χ4v) is 4.35. The van der Waals surface area contributed by atoms with E-state index < -0.39 is 14.9 Å². The minimum absolute atomic E-state index is 0.0916. The lowest BCUT2D eigenvalue weighted by atomic mass is 10.1. The first-order valence-electron chi connectivity index (χ1n) is 9.53. The van der Waals surface area contributed by atoms with Crippen molar-refractivity contribution >= 4 is 27.4 Å². The number of nitrogens with zero attached hydrogens (tertiary/aromatic N) is 3. The summed E-state index contributed by atoms with van der Waals surface area (Å²) in [5.41, 5.74) is -0.0526. The van der Waals surface area contributed by atoms with Gasteiger partial charge in [-0.05, 0) is 32.8 Å². The van der Waals surface area contributed by atoms with Gasteiger partial charge in [0.1, 0.15) is 4.90 Å². The van der Waals surface area contributed by atoms with Gasteiger partial charge in [0.15, 0.2) is 6.19 Å². The van der Waals surface area contributed by atoms with Crippen LogP contribution in [0.4, 0.5) is 11.4 Å². The normalized spacial score (nSPS) is 16.0. The maximum absolute atomic E-state index is 13.0. The molecule has 0 heterocycles. The number of benzene rings is 1. The zero-order valence-electron chi connectivity index (χ0n) is 16.5. The number of nitrogens with one attached hydrogen (secondary N) is 3. The number of nitro benzene ring substituents is 1. The number of guanidine groups is 1. The molecule has 29 heavy (non-hydrogen) atoms. The number of hydrogen-bond donors (Lipinski definition) is 3. The fourth-order valence-electron chi connectivity index (χ4n) is 3.19. The average Bonchev–Trinajstić information content (AvgIpc) is 2.89. The first-order chi connectivity index (χ1) is 13.7. The van der Waals surface area contributed by atoms with Crippen molar-refractivity contribution in [3.05, 3.63) is 28.3 Å². The quantitative estimate of drug-likeness (QED) is 0.121. The van der Waals surface area contributed by atoms with Crippen molar-refractivity contribution in [2.24, 2.45) is 4.99 Å². The average molecular weight is 423 g/mol. The summed E-state index contributed by atoms with van der Waals surface area (Å²) in [6.07, 6.45) is 7.80. The molecular weight excluding hydrogens is 396 g/mol. The van der Waals surface area contributed by atoms with E-state index in [0.29, 0.717) is 0 Å². The molecule has 0 atom stereocenters. The largest absolute Gasteiger partial charge is 0.381 e. The maximum Gasteiger partial charge on any atom is 0.270 e. The fraction of sp³-hybridized carbons (Fsp3) is 0.556. The van der Waals surface area contributed by atoms with Gasteiger partial charge in [0.25, 0.3) is 15.7 Å². The molecule has 1 aliphatic carbocycles. The van der Waals surface area contributed by atoms with Gasteiger partial charge < -0.3 is 5.32 Å². The number of nitriles is 1. The molecule has 0 radical (unpaired) electrons. The van der Waals surface area contributed by atoms with Crippen molar-refractivity contribution < 1.29 is 13.3 Å². The molecule has 1 fully saturated rings. The highest BCUT2D eigenvalue weighted by Crippen LogP contribution is 2.29. The summed E-state index contributed by atoms with van der Waals surface area (Å²) < 4.78 is 28.2. The van der Waals surface area contributed by atoms with Crippen LogP contribution in [0, 0.1) is 21.6 Å². The number of sulfonamides is 1. The van der Waals surface area contributed by atoms with Gasteiger partial charge in [-0.3, -0.25) is 15.4 Å². The van der Waals surface area contributed by atoms with Crippen LogP contribution in [-0.4, -0.2) is 31.4 Å². The van der Waals surface area contributed by atoms with E-state index >= 15 is 0 Å². The first-order valence-corrected chi connectivity index (χ1v) is 11.0. The van der Waals surface area contributed by atoms with E-state index in [2.05, 4.69) is 20.3 Å². The number of non-ortho nitro benzene ring substituents is 1. The van der Waals surface area contributed by atoms with Gasteiger partial charge in [0.2, 0.25) is 5.96 Å². The van der Waals surface area contributed by atoms with Gasteiger partial charge in [-0.1, -0.05) is 25.7 Å². The molecule has 1 aromatic carbocycles. The summed E-state index contributed by atoms with van der Waals surface area (Å²) in [4.78, 5) is 14.3. The van der Waals surface area contributed by atoms with E-state index in [1.54, 1.807) is 20.0 Å². The lowest BCUT2D eigenvalue weighted by molar-refractivity contribution is -0.385.